The average molecular weight is 170 g/mol. The first-order valence-electron chi connectivity index (χ1n) is 4.22. The molecule has 0 heterocycles. The van der Waals surface area contributed by atoms with E-state index in [9.17, 15) is 4.79 Å². The van der Waals surface area contributed by atoms with Crippen molar-refractivity contribution in [3.63, 3.8) is 0 Å². The van der Waals surface area contributed by atoms with E-state index >= 15 is 0 Å². The van der Waals surface area contributed by atoms with E-state index in [0.717, 1.165) is 6.42 Å². The molecule has 0 aliphatic heterocycles. The highest BCUT2D eigenvalue weighted by Gasteiger charge is 2.28. The second-order valence-corrected chi connectivity index (χ2v) is 4.16. The summed E-state index contributed by atoms with van der Waals surface area (Å²) in [6.45, 7) is 11.7. The van der Waals surface area contributed by atoms with Crippen molar-refractivity contribution in [2.45, 2.75) is 34.1 Å². The summed E-state index contributed by atoms with van der Waals surface area (Å²) in [5.41, 5.74) is 0.314. The molecule has 0 saturated heterocycles. The van der Waals surface area contributed by atoms with Crippen LogP contribution in [-0.4, -0.2) is 11.1 Å². The number of carbonyl (C=O) groups is 1. The molecule has 0 amide bonds. The zero-order chi connectivity index (χ0) is 9.94. The summed E-state index contributed by atoms with van der Waals surface area (Å²) in [6, 6.07) is 0. The van der Waals surface area contributed by atoms with Gasteiger partial charge >= 0.3 is 5.97 Å². The predicted molar refractivity (Wildman–Crippen MR) is 50.0 cm³/mol. The maximum atomic E-state index is 10.6. The SMILES string of the molecule is C=C(C(=O)O)C(CC)C(C)(C)C. The zero-order valence-electron chi connectivity index (χ0n) is 8.35. The van der Waals surface area contributed by atoms with E-state index in [2.05, 4.69) is 6.58 Å². The van der Waals surface area contributed by atoms with Crippen molar-refractivity contribution in [2.24, 2.45) is 11.3 Å². The van der Waals surface area contributed by atoms with E-state index in [0.29, 0.717) is 5.57 Å². The van der Waals surface area contributed by atoms with Crippen molar-refractivity contribution in [3.05, 3.63) is 12.2 Å². The monoisotopic (exact) mass is 170 g/mol. The predicted octanol–water partition coefficient (Wildman–Crippen LogP) is 2.70. The van der Waals surface area contributed by atoms with Crippen LogP contribution in [0, 0.1) is 11.3 Å². The molecule has 0 aliphatic carbocycles. The van der Waals surface area contributed by atoms with Gasteiger partial charge in [-0.25, -0.2) is 4.79 Å². The molecule has 0 rings (SSSR count). The minimum Gasteiger partial charge on any atom is -0.478 e. The molecule has 0 fully saturated rings. The molecule has 0 spiro atoms. The highest BCUT2D eigenvalue weighted by molar-refractivity contribution is 5.86. The van der Waals surface area contributed by atoms with Crippen LogP contribution in [0.25, 0.3) is 0 Å². The van der Waals surface area contributed by atoms with Crippen LogP contribution in [0.3, 0.4) is 0 Å². The van der Waals surface area contributed by atoms with Crippen molar-refractivity contribution in [3.8, 4) is 0 Å². The van der Waals surface area contributed by atoms with Crippen molar-refractivity contribution in [2.75, 3.05) is 0 Å². The van der Waals surface area contributed by atoms with Crippen LogP contribution < -0.4 is 0 Å². The lowest BCUT2D eigenvalue weighted by Gasteiger charge is -2.29. The van der Waals surface area contributed by atoms with Gasteiger partial charge in [0, 0.05) is 5.57 Å². The van der Waals surface area contributed by atoms with Gasteiger partial charge in [0.2, 0.25) is 0 Å². The number of hydrogen-bond donors (Lipinski definition) is 1. The highest BCUT2D eigenvalue weighted by atomic mass is 16.4. The maximum Gasteiger partial charge on any atom is 0.331 e. The van der Waals surface area contributed by atoms with Gasteiger partial charge < -0.3 is 5.11 Å². The van der Waals surface area contributed by atoms with Crippen LogP contribution in [-0.2, 0) is 4.79 Å². The third-order valence-corrected chi connectivity index (χ3v) is 2.15. The Bertz CT molecular complexity index is 187. The molecule has 0 aromatic heterocycles. The molecule has 0 aliphatic rings. The number of rotatable bonds is 3. The summed E-state index contributed by atoms with van der Waals surface area (Å²) >= 11 is 0. The lowest BCUT2D eigenvalue weighted by atomic mass is 9.75. The fraction of sp³-hybridized carbons (Fsp3) is 0.700. The van der Waals surface area contributed by atoms with E-state index in [-0.39, 0.29) is 11.3 Å². The fourth-order valence-electron chi connectivity index (χ4n) is 1.53. The number of carboxylic acid groups (broad SMARTS) is 1. The van der Waals surface area contributed by atoms with Crippen LogP contribution in [0.1, 0.15) is 34.1 Å². The van der Waals surface area contributed by atoms with Crippen LogP contribution in [0.15, 0.2) is 12.2 Å². The molecule has 1 unspecified atom stereocenters. The molecule has 70 valence electrons. The van der Waals surface area contributed by atoms with Crippen molar-refractivity contribution < 1.29 is 9.90 Å². The lowest BCUT2D eigenvalue weighted by Crippen LogP contribution is -2.24. The Morgan fingerprint density at radius 1 is 1.50 bits per heavy atom. The molecule has 0 bridgehead atoms. The Hall–Kier alpha value is -0.790. The molecular weight excluding hydrogens is 152 g/mol. The lowest BCUT2D eigenvalue weighted by molar-refractivity contribution is -0.133. The molecule has 0 radical (unpaired) electrons. The van der Waals surface area contributed by atoms with E-state index in [1.165, 1.54) is 0 Å². The number of hydrogen-bond acceptors (Lipinski definition) is 1. The van der Waals surface area contributed by atoms with E-state index in [1.54, 1.807) is 0 Å². The van der Waals surface area contributed by atoms with Gasteiger partial charge in [-0.15, -0.1) is 0 Å². The molecule has 0 aromatic carbocycles. The third kappa shape index (κ3) is 2.68. The van der Waals surface area contributed by atoms with Crippen molar-refractivity contribution in [1.29, 1.82) is 0 Å². The van der Waals surface area contributed by atoms with Gasteiger partial charge in [-0.2, -0.15) is 0 Å². The van der Waals surface area contributed by atoms with Gasteiger partial charge in [0.15, 0.2) is 0 Å². The number of aliphatic carboxylic acids is 1. The molecule has 2 nitrogen and oxygen atoms in total. The van der Waals surface area contributed by atoms with Gasteiger partial charge in [0.05, 0.1) is 0 Å². The summed E-state index contributed by atoms with van der Waals surface area (Å²) in [7, 11) is 0. The quantitative estimate of drug-likeness (QED) is 0.661. The van der Waals surface area contributed by atoms with Crippen LogP contribution in [0.5, 0.6) is 0 Å². The summed E-state index contributed by atoms with van der Waals surface area (Å²) < 4.78 is 0. The van der Waals surface area contributed by atoms with Crippen molar-refractivity contribution >= 4 is 5.97 Å². The van der Waals surface area contributed by atoms with E-state index < -0.39 is 5.97 Å². The van der Waals surface area contributed by atoms with Gasteiger partial charge in [-0.05, 0) is 17.8 Å². The average Bonchev–Trinajstić information content (AvgIpc) is 1.85. The molecule has 12 heavy (non-hydrogen) atoms. The minimum absolute atomic E-state index is 0.00970. The minimum atomic E-state index is -0.878. The molecule has 0 aromatic rings. The topological polar surface area (TPSA) is 37.3 Å². The van der Waals surface area contributed by atoms with Gasteiger partial charge in [0.25, 0.3) is 0 Å². The molecule has 0 saturated carbocycles. The van der Waals surface area contributed by atoms with E-state index in [1.807, 2.05) is 27.7 Å². The summed E-state index contributed by atoms with van der Waals surface area (Å²) in [5.74, 6) is -0.813. The Labute approximate surface area is 74.3 Å². The molecule has 2 heteroatoms. The van der Waals surface area contributed by atoms with Crippen LogP contribution in [0.4, 0.5) is 0 Å². The van der Waals surface area contributed by atoms with E-state index in [4.69, 9.17) is 5.11 Å². The standard InChI is InChI=1S/C10H18O2/c1-6-8(10(3,4)5)7(2)9(11)12/h8H,2,6H2,1,3-5H3,(H,11,12). The summed E-state index contributed by atoms with van der Waals surface area (Å²) in [5, 5.41) is 8.75. The van der Waals surface area contributed by atoms with Crippen molar-refractivity contribution in [1.82, 2.24) is 0 Å². The summed E-state index contributed by atoms with van der Waals surface area (Å²) in [4.78, 5) is 10.6. The maximum absolute atomic E-state index is 10.6. The van der Waals surface area contributed by atoms with Gasteiger partial charge in [-0.1, -0.05) is 34.3 Å². The first-order valence-corrected chi connectivity index (χ1v) is 4.22. The zero-order valence-corrected chi connectivity index (χ0v) is 8.35. The normalized spacial score (nSPS) is 14.0. The first-order chi connectivity index (χ1) is 5.30. The highest BCUT2D eigenvalue weighted by Crippen LogP contribution is 2.33. The molecule has 1 atom stereocenters. The first kappa shape index (κ1) is 11.2. The van der Waals surface area contributed by atoms with Gasteiger partial charge in [-0.3, -0.25) is 0 Å². The Balaban J connectivity index is 4.58. The summed E-state index contributed by atoms with van der Waals surface area (Å²) in [6.07, 6.45) is 0.828. The van der Waals surface area contributed by atoms with Crippen LogP contribution in [0.2, 0.25) is 0 Å². The second-order valence-electron chi connectivity index (χ2n) is 4.16. The van der Waals surface area contributed by atoms with Crippen LogP contribution >= 0.6 is 0 Å². The smallest absolute Gasteiger partial charge is 0.331 e. The fourth-order valence-corrected chi connectivity index (χ4v) is 1.53. The Kier molecular flexibility index (Phi) is 3.50. The molecule has 1 N–H and O–H groups in total. The molecular formula is C10H18O2. The Morgan fingerprint density at radius 2 is 1.92 bits per heavy atom. The van der Waals surface area contributed by atoms with Gasteiger partial charge in [0.1, 0.15) is 0 Å². The second kappa shape index (κ2) is 3.74. The number of carboxylic acids is 1. The Morgan fingerprint density at radius 3 is 2.00 bits per heavy atom. The third-order valence-electron chi connectivity index (χ3n) is 2.15. The largest absolute Gasteiger partial charge is 0.478 e.